The third-order valence-electron chi connectivity index (χ3n) is 4.50. The van der Waals surface area contributed by atoms with Crippen LogP contribution in [-0.4, -0.2) is 31.4 Å². The van der Waals surface area contributed by atoms with Gasteiger partial charge in [0.05, 0.1) is 5.56 Å². The molecule has 5 nitrogen and oxygen atoms in total. The predicted molar refractivity (Wildman–Crippen MR) is 132 cm³/mol. The number of benzene rings is 2. The van der Waals surface area contributed by atoms with Crippen LogP contribution in [-0.2, 0) is 12.7 Å². The summed E-state index contributed by atoms with van der Waals surface area (Å²) in [6.07, 6.45) is -0.989. The Morgan fingerprint density at radius 1 is 1.06 bits per heavy atom. The third kappa shape index (κ3) is 6.27. The van der Waals surface area contributed by atoms with Crippen LogP contribution in [0.4, 0.5) is 24.7 Å². The Morgan fingerprint density at radius 2 is 1.85 bits per heavy atom. The van der Waals surface area contributed by atoms with Gasteiger partial charge in [-0.1, -0.05) is 6.07 Å². The Balaban J connectivity index is 0.00000193. The molecule has 2 aromatic carbocycles. The summed E-state index contributed by atoms with van der Waals surface area (Å²) in [4.78, 5) is 8.65. The van der Waals surface area contributed by atoms with E-state index < -0.39 is 11.7 Å². The summed E-state index contributed by atoms with van der Waals surface area (Å²) in [5, 5.41) is 4.51. The van der Waals surface area contributed by atoms with Crippen molar-refractivity contribution in [1.82, 2.24) is 14.5 Å². The third-order valence-corrected chi connectivity index (χ3v) is 5.34. The molecule has 0 amide bonds. The zero-order valence-corrected chi connectivity index (χ0v) is 21.7. The fourth-order valence-corrected chi connectivity index (χ4v) is 3.91. The number of aryl methyl sites for hydroxylation is 1. The Bertz CT molecular complexity index is 1240. The number of anilines is 2. The van der Waals surface area contributed by atoms with Gasteiger partial charge in [-0.3, -0.25) is 0 Å². The fourth-order valence-electron chi connectivity index (χ4n) is 3.11. The van der Waals surface area contributed by atoms with E-state index in [1.807, 2.05) is 12.3 Å². The predicted octanol–water partition coefficient (Wildman–Crippen LogP) is 6.53. The van der Waals surface area contributed by atoms with E-state index in [4.69, 9.17) is 16.3 Å². The average Bonchev–Trinajstić information content (AvgIpc) is 3.14. The molecular weight excluding hydrogens is 563 g/mol. The summed E-state index contributed by atoms with van der Waals surface area (Å²) in [6.45, 7) is 0.857. The molecule has 33 heavy (non-hydrogen) atoms. The Kier molecular flexibility index (Phi) is 9.32. The number of hydrogen-bond donors (Lipinski definition) is 1. The van der Waals surface area contributed by atoms with Crippen LogP contribution in [0.3, 0.4) is 0 Å². The quantitative estimate of drug-likeness (QED) is 0.263. The average molecular weight is 582 g/mol. The van der Waals surface area contributed by atoms with E-state index in [1.54, 1.807) is 35.1 Å². The van der Waals surface area contributed by atoms with Crippen molar-refractivity contribution < 1.29 is 17.9 Å². The van der Waals surface area contributed by atoms with Crippen molar-refractivity contribution >= 4 is 75.8 Å². The van der Waals surface area contributed by atoms with Crippen LogP contribution in [0.5, 0.6) is 11.5 Å². The first-order chi connectivity index (χ1) is 14.8. The molecule has 1 atom stereocenters. The van der Waals surface area contributed by atoms with Crippen molar-refractivity contribution in [2.75, 3.05) is 5.32 Å². The molecular formula is C21H19AsCl3F3N4O. The maximum absolute atomic E-state index is 12.9. The number of ether oxygens (including phenoxy) is 1. The molecule has 0 aliphatic rings. The van der Waals surface area contributed by atoms with E-state index in [0.717, 1.165) is 34.9 Å². The van der Waals surface area contributed by atoms with Gasteiger partial charge in [-0.2, -0.15) is 13.2 Å². The van der Waals surface area contributed by atoms with Gasteiger partial charge in [-0.15, -0.1) is 24.8 Å². The van der Waals surface area contributed by atoms with Gasteiger partial charge in [0, 0.05) is 0 Å². The van der Waals surface area contributed by atoms with Crippen LogP contribution in [0.1, 0.15) is 5.56 Å². The fraction of sp³-hybridized carbons (Fsp3) is 0.143. The van der Waals surface area contributed by atoms with E-state index in [9.17, 15) is 13.2 Å². The van der Waals surface area contributed by atoms with E-state index in [2.05, 4.69) is 19.9 Å². The first-order valence-electron chi connectivity index (χ1n) is 9.27. The Hall–Kier alpha value is -2.12. The normalized spacial score (nSPS) is 10.9. The summed E-state index contributed by atoms with van der Waals surface area (Å²) in [5.74, 6) is 0.934. The maximum atomic E-state index is 12.9. The second kappa shape index (κ2) is 11.3. The van der Waals surface area contributed by atoms with Gasteiger partial charge in [-0.25, -0.2) is 0 Å². The summed E-state index contributed by atoms with van der Waals surface area (Å²) < 4.78 is 46.4. The minimum atomic E-state index is -4.45. The Morgan fingerprint density at radius 3 is 2.55 bits per heavy atom. The molecule has 0 radical (unpaired) electrons. The van der Waals surface area contributed by atoms with Crippen LogP contribution in [0.25, 0.3) is 11.0 Å². The monoisotopic (exact) mass is 580 g/mol. The van der Waals surface area contributed by atoms with Crippen LogP contribution in [0.15, 0.2) is 61.1 Å². The molecule has 176 valence electrons. The largest absolute Gasteiger partial charge is 0.00708 e. The van der Waals surface area contributed by atoms with Crippen LogP contribution >= 0.6 is 36.4 Å². The van der Waals surface area contributed by atoms with Crippen molar-refractivity contribution in [3.63, 3.8) is 0 Å². The van der Waals surface area contributed by atoms with Gasteiger partial charge in [0.1, 0.15) is 0 Å². The number of alkyl halides is 3. The summed E-state index contributed by atoms with van der Waals surface area (Å²) in [6, 6.07) is 11.5. The molecule has 0 spiro atoms. The number of halogens is 6. The van der Waals surface area contributed by atoms with Crippen molar-refractivity contribution in [3.8, 4) is 11.5 Å². The first-order valence-corrected chi connectivity index (χ1v) is 11.4. The number of hydrogen-bond acceptors (Lipinski definition) is 4. The number of aromatic nitrogens is 3. The topological polar surface area (TPSA) is 52.0 Å². The number of nitrogens with one attached hydrogen (secondary N) is 1. The second-order valence-corrected chi connectivity index (χ2v) is 8.27. The molecule has 2 heterocycles. The minimum Gasteiger partial charge on any atom is -0.00708 e. The van der Waals surface area contributed by atoms with Crippen LogP contribution < -0.4 is 10.1 Å². The van der Waals surface area contributed by atoms with Gasteiger partial charge in [0.15, 0.2) is 0 Å². The Labute approximate surface area is 214 Å². The second-order valence-electron chi connectivity index (χ2n) is 6.65. The molecule has 1 N–H and O–H groups in total. The van der Waals surface area contributed by atoms with Crippen molar-refractivity contribution in [2.24, 2.45) is 0 Å². The molecule has 2 aromatic heterocycles. The van der Waals surface area contributed by atoms with E-state index in [1.165, 1.54) is 18.5 Å². The molecule has 12 heteroatoms. The van der Waals surface area contributed by atoms with E-state index >= 15 is 0 Å². The van der Waals surface area contributed by atoms with E-state index in [0.29, 0.717) is 11.5 Å². The smallest absolute Gasteiger partial charge is 0.00708 e. The molecule has 0 fully saturated rings. The number of fused-ring (bicyclic) bond motifs is 1. The van der Waals surface area contributed by atoms with Crippen molar-refractivity contribution in [1.29, 1.82) is 0 Å². The molecule has 0 bridgehead atoms. The van der Waals surface area contributed by atoms with Gasteiger partial charge in [0.2, 0.25) is 0 Å². The maximum Gasteiger partial charge on any atom is -0.00708 e. The zero-order valence-electron chi connectivity index (χ0n) is 16.8. The van der Waals surface area contributed by atoms with Crippen LogP contribution in [0.2, 0.25) is 10.2 Å². The molecule has 0 aliphatic heterocycles. The molecule has 1 unspecified atom stereocenters. The molecule has 0 saturated carbocycles. The first kappa shape index (κ1) is 27.1. The van der Waals surface area contributed by atoms with Gasteiger partial charge >= 0.3 is 147 Å². The van der Waals surface area contributed by atoms with Gasteiger partial charge in [-0.05, 0) is 18.2 Å². The molecule has 0 saturated heterocycles. The molecule has 4 aromatic rings. The van der Waals surface area contributed by atoms with Gasteiger partial charge in [0.25, 0.3) is 0 Å². The summed E-state index contributed by atoms with van der Waals surface area (Å²) in [5.41, 5.74) is 1.59. The number of rotatable bonds is 6. The minimum absolute atomic E-state index is 0. The number of nitrogens with zero attached hydrogens (tertiary/aromatic N) is 3. The van der Waals surface area contributed by atoms with E-state index in [-0.39, 0.29) is 41.3 Å². The summed E-state index contributed by atoms with van der Waals surface area (Å²) in [7, 11) is 0. The molecule has 0 aliphatic carbocycles. The standard InChI is InChI=1S/C21H17AsClF3N4O.2ClH/c22-7-9-30-8-6-17-19(30)20(28-12-27-17)29-14-4-5-18(16(23)11-14)31-15-3-1-2-13(10-15)21(24,25)26;;/h1-6,8,10-12H,7,9,22H2,(H,27,28,29);2*1H. The SMILES string of the molecule is Cl.Cl.FC(F)(F)c1cccc(Oc2ccc(Nc3ncnc4ccn(CC[AsH2])c34)cc2Cl)c1. The van der Waals surface area contributed by atoms with Crippen LogP contribution in [0, 0.1) is 0 Å². The zero-order chi connectivity index (χ0) is 22.0. The summed E-state index contributed by atoms with van der Waals surface area (Å²) >= 11 is 7.97. The van der Waals surface area contributed by atoms with Crippen molar-refractivity contribution in [2.45, 2.75) is 17.9 Å². The van der Waals surface area contributed by atoms with Gasteiger partial charge < -0.3 is 0 Å². The van der Waals surface area contributed by atoms with Crippen molar-refractivity contribution in [3.05, 3.63) is 71.6 Å². The molecule has 4 rings (SSSR count).